The summed E-state index contributed by atoms with van der Waals surface area (Å²) >= 11 is 2.26. The van der Waals surface area contributed by atoms with Crippen LogP contribution in [0.2, 0.25) is 0 Å². The summed E-state index contributed by atoms with van der Waals surface area (Å²) in [5.41, 5.74) is 7.93. The van der Waals surface area contributed by atoms with Crippen LogP contribution in [0.3, 0.4) is 0 Å². The molecule has 1 atom stereocenters. The summed E-state index contributed by atoms with van der Waals surface area (Å²) in [5, 5.41) is 0. The van der Waals surface area contributed by atoms with Gasteiger partial charge in [0.05, 0.1) is 24.6 Å². The van der Waals surface area contributed by atoms with Crippen LogP contribution in [-0.4, -0.2) is 40.0 Å². The van der Waals surface area contributed by atoms with Crippen LogP contribution >= 0.6 is 22.6 Å². The number of hydrogen-bond acceptors (Lipinski definition) is 4. The van der Waals surface area contributed by atoms with Gasteiger partial charge in [0.25, 0.3) is 0 Å². The third-order valence-electron chi connectivity index (χ3n) is 2.78. The highest BCUT2D eigenvalue weighted by Gasteiger charge is 2.16. The van der Waals surface area contributed by atoms with Gasteiger partial charge in [0.15, 0.2) is 0 Å². The van der Waals surface area contributed by atoms with Crippen molar-refractivity contribution in [2.24, 2.45) is 0 Å². The maximum atomic E-state index is 6.10. The number of hydrogen-bond donors (Lipinski definition) is 1. The minimum absolute atomic E-state index is 0.257. The zero-order valence-corrected chi connectivity index (χ0v) is 13.3. The van der Waals surface area contributed by atoms with E-state index in [4.69, 9.17) is 15.2 Å². The van der Waals surface area contributed by atoms with Gasteiger partial charge in [-0.25, -0.2) is 0 Å². The molecule has 0 aliphatic rings. The Morgan fingerprint density at radius 2 is 2.06 bits per heavy atom. The molecule has 0 radical (unpaired) electrons. The Kier molecular flexibility index (Phi) is 6.73. The number of halogens is 1. The first-order valence-electron chi connectivity index (χ1n) is 5.89. The van der Waals surface area contributed by atoms with E-state index >= 15 is 0 Å². The Bertz CT molecular complexity index is 374. The van der Waals surface area contributed by atoms with Gasteiger partial charge in [-0.1, -0.05) is 0 Å². The Morgan fingerprint density at radius 1 is 1.33 bits per heavy atom. The Balaban J connectivity index is 2.93. The van der Waals surface area contributed by atoms with Crippen LogP contribution in [0.25, 0.3) is 0 Å². The number of benzene rings is 1. The first-order chi connectivity index (χ1) is 8.60. The van der Waals surface area contributed by atoms with Crippen molar-refractivity contribution in [2.45, 2.75) is 13.0 Å². The second kappa shape index (κ2) is 7.81. The molecule has 1 aromatic carbocycles. The van der Waals surface area contributed by atoms with Gasteiger partial charge in [0.2, 0.25) is 0 Å². The summed E-state index contributed by atoms with van der Waals surface area (Å²) in [6, 6.07) is 6.35. The van der Waals surface area contributed by atoms with Crippen LogP contribution in [-0.2, 0) is 9.47 Å². The molecule has 102 valence electrons. The van der Waals surface area contributed by atoms with Crippen molar-refractivity contribution in [3.8, 4) is 0 Å². The molecule has 2 N–H and O–H groups in total. The van der Waals surface area contributed by atoms with Crippen LogP contribution in [0.15, 0.2) is 18.2 Å². The van der Waals surface area contributed by atoms with Crippen molar-refractivity contribution in [1.82, 2.24) is 0 Å². The standard InChI is InChI=1S/C13H21IN2O2/c1-10(9-18-3)16(6-7-17-2)13-5-4-11(14)8-12(13)15/h4-5,8,10H,6-7,9,15H2,1-3H3. The minimum atomic E-state index is 0.257. The molecule has 0 aliphatic carbocycles. The van der Waals surface area contributed by atoms with Crippen LogP contribution in [0.4, 0.5) is 11.4 Å². The highest BCUT2D eigenvalue weighted by atomic mass is 127. The average molecular weight is 364 g/mol. The van der Waals surface area contributed by atoms with Crippen molar-refractivity contribution in [1.29, 1.82) is 0 Å². The lowest BCUT2D eigenvalue weighted by molar-refractivity contribution is 0.171. The van der Waals surface area contributed by atoms with E-state index in [0.29, 0.717) is 13.2 Å². The van der Waals surface area contributed by atoms with Crippen LogP contribution in [0.1, 0.15) is 6.92 Å². The normalized spacial score (nSPS) is 12.4. The molecule has 18 heavy (non-hydrogen) atoms. The predicted octanol–water partition coefficient (Wildman–Crippen LogP) is 2.36. The van der Waals surface area contributed by atoms with Crippen LogP contribution in [0, 0.1) is 3.57 Å². The molecule has 5 heteroatoms. The van der Waals surface area contributed by atoms with Crippen molar-refractivity contribution in [3.05, 3.63) is 21.8 Å². The van der Waals surface area contributed by atoms with E-state index in [9.17, 15) is 0 Å². The Hall–Kier alpha value is -0.530. The van der Waals surface area contributed by atoms with E-state index in [0.717, 1.165) is 21.5 Å². The zero-order valence-electron chi connectivity index (χ0n) is 11.1. The SMILES string of the molecule is COCCN(c1ccc(I)cc1N)C(C)COC. The largest absolute Gasteiger partial charge is 0.397 e. The van der Waals surface area contributed by atoms with Gasteiger partial charge in [0, 0.05) is 30.4 Å². The first kappa shape index (κ1) is 15.5. The predicted molar refractivity (Wildman–Crippen MR) is 84.1 cm³/mol. The van der Waals surface area contributed by atoms with E-state index < -0.39 is 0 Å². The molecule has 0 heterocycles. The Labute approximate surface area is 123 Å². The summed E-state index contributed by atoms with van der Waals surface area (Å²) in [6.45, 7) is 4.25. The third kappa shape index (κ3) is 4.29. The topological polar surface area (TPSA) is 47.7 Å². The fourth-order valence-electron chi connectivity index (χ4n) is 1.89. The molecule has 0 fully saturated rings. The van der Waals surface area contributed by atoms with Gasteiger partial charge >= 0.3 is 0 Å². The number of rotatable bonds is 7. The second-order valence-electron chi connectivity index (χ2n) is 4.19. The number of nitrogens with two attached hydrogens (primary N) is 1. The third-order valence-corrected chi connectivity index (χ3v) is 3.45. The van der Waals surface area contributed by atoms with Crippen molar-refractivity contribution < 1.29 is 9.47 Å². The van der Waals surface area contributed by atoms with E-state index in [1.54, 1.807) is 14.2 Å². The smallest absolute Gasteiger partial charge is 0.0663 e. The summed E-state index contributed by atoms with van der Waals surface area (Å²) < 4.78 is 11.5. The van der Waals surface area contributed by atoms with Crippen LogP contribution in [0.5, 0.6) is 0 Å². The molecular formula is C13H21IN2O2. The van der Waals surface area contributed by atoms with Gasteiger partial charge in [-0.15, -0.1) is 0 Å². The lowest BCUT2D eigenvalue weighted by atomic mass is 10.2. The maximum absolute atomic E-state index is 6.10. The quantitative estimate of drug-likeness (QED) is 0.596. The van der Waals surface area contributed by atoms with Crippen molar-refractivity contribution in [3.63, 3.8) is 0 Å². The first-order valence-corrected chi connectivity index (χ1v) is 6.97. The van der Waals surface area contributed by atoms with E-state index in [2.05, 4.69) is 46.5 Å². The van der Waals surface area contributed by atoms with Gasteiger partial charge < -0.3 is 20.1 Å². The average Bonchev–Trinajstić information content (AvgIpc) is 2.32. The summed E-state index contributed by atoms with van der Waals surface area (Å²) in [7, 11) is 3.42. The zero-order chi connectivity index (χ0) is 13.5. The number of nitrogen functional groups attached to an aromatic ring is 1. The number of anilines is 2. The van der Waals surface area contributed by atoms with E-state index in [-0.39, 0.29) is 6.04 Å². The molecule has 0 spiro atoms. The molecule has 1 unspecified atom stereocenters. The fourth-order valence-corrected chi connectivity index (χ4v) is 2.40. The molecule has 4 nitrogen and oxygen atoms in total. The minimum Gasteiger partial charge on any atom is -0.397 e. The highest BCUT2D eigenvalue weighted by molar-refractivity contribution is 14.1. The number of methoxy groups -OCH3 is 2. The summed E-state index contributed by atoms with van der Waals surface area (Å²) in [4.78, 5) is 2.22. The van der Waals surface area contributed by atoms with E-state index in [1.165, 1.54) is 0 Å². The summed E-state index contributed by atoms with van der Waals surface area (Å²) in [6.07, 6.45) is 0. The molecule has 0 amide bonds. The second-order valence-corrected chi connectivity index (χ2v) is 5.44. The van der Waals surface area contributed by atoms with Gasteiger partial charge in [-0.05, 0) is 47.7 Å². The molecular weight excluding hydrogens is 343 g/mol. The molecule has 0 saturated carbocycles. The van der Waals surface area contributed by atoms with Gasteiger partial charge in [-0.2, -0.15) is 0 Å². The van der Waals surface area contributed by atoms with Crippen molar-refractivity contribution >= 4 is 34.0 Å². The Morgan fingerprint density at radius 3 is 2.61 bits per heavy atom. The molecule has 0 bridgehead atoms. The molecule has 1 aromatic rings. The number of ether oxygens (including phenoxy) is 2. The highest BCUT2D eigenvalue weighted by Crippen LogP contribution is 2.26. The lowest BCUT2D eigenvalue weighted by Gasteiger charge is -2.31. The van der Waals surface area contributed by atoms with Crippen LogP contribution < -0.4 is 10.6 Å². The summed E-state index contributed by atoms with van der Waals surface area (Å²) in [5.74, 6) is 0. The molecule has 0 saturated heterocycles. The monoisotopic (exact) mass is 364 g/mol. The maximum Gasteiger partial charge on any atom is 0.0663 e. The number of nitrogens with zero attached hydrogens (tertiary/aromatic N) is 1. The lowest BCUT2D eigenvalue weighted by Crippen LogP contribution is -2.39. The van der Waals surface area contributed by atoms with E-state index in [1.807, 2.05) is 6.07 Å². The molecule has 1 rings (SSSR count). The van der Waals surface area contributed by atoms with Gasteiger partial charge in [-0.3, -0.25) is 0 Å². The molecule has 0 aliphatic heterocycles. The fraction of sp³-hybridized carbons (Fsp3) is 0.538. The molecule has 0 aromatic heterocycles. The van der Waals surface area contributed by atoms with Crippen molar-refractivity contribution in [2.75, 3.05) is 44.6 Å². The van der Waals surface area contributed by atoms with Gasteiger partial charge in [0.1, 0.15) is 0 Å².